The number of aromatic amines is 1. The van der Waals surface area contributed by atoms with E-state index in [4.69, 9.17) is 16.6 Å². The number of hydrogen-bond acceptors (Lipinski definition) is 7. The highest BCUT2D eigenvalue weighted by atomic mass is 16.4. The van der Waals surface area contributed by atoms with Crippen molar-refractivity contribution in [2.75, 3.05) is 11.5 Å². The minimum absolute atomic E-state index is 0.0362. The minimum atomic E-state index is -1.30. The van der Waals surface area contributed by atoms with Crippen molar-refractivity contribution in [1.29, 1.82) is 0 Å². The Labute approximate surface area is 189 Å². The SMILES string of the molecule is C=CC(CCCc1c(N)nc(N)[nH]c1=O)c1ccc(C(=O)N[C@@H](CCC(=O)O)C(=O)O)cc1. The van der Waals surface area contributed by atoms with E-state index in [1.54, 1.807) is 30.3 Å². The van der Waals surface area contributed by atoms with Crippen LogP contribution in [0.3, 0.4) is 0 Å². The Hall–Kier alpha value is -4.15. The highest BCUT2D eigenvalue weighted by molar-refractivity contribution is 5.96. The maximum atomic E-state index is 12.4. The lowest BCUT2D eigenvalue weighted by atomic mass is 9.92. The number of carboxylic acids is 2. The molecule has 176 valence electrons. The number of carbonyl (C=O) groups is 3. The summed E-state index contributed by atoms with van der Waals surface area (Å²) in [6.45, 7) is 3.85. The summed E-state index contributed by atoms with van der Waals surface area (Å²) < 4.78 is 0. The van der Waals surface area contributed by atoms with E-state index in [0.717, 1.165) is 5.56 Å². The Morgan fingerprint density at radius 2 is 1.82 bits per heavy atom. The van der Waals surface area contributed by atoms with Gasteiger partial charge >= 0.3 is 11.9 Å². The van der Waals surface area contributed by atoms with Gasteiger partial charge in [-0.3, -0.25) is 19.4 Å². The van der Waals surface area contributed by atoms with E-state index in [2.05, 4.69) is 21.9 Å². The number of nitrogen functional groups attached to an aromatic ring is 2. The first-order valence-corrected chi connectivity index (χ1v) is 10.2. The molecule has 0 radical (unpaired) electrons. The van der Waals surface area contributed by atoms with Crippen LogP contribution in [0.5, 0.6) is 0 Å². The molecule has 11 heteroatoms. The molecular formula is C22H27N5O6. The molecule has 0 aliphatic carbocycles. The highest BCUT2D eigenvalue weighted by Gasteiger charge is 2.22. The molecule has 2 atom stereocenters. The van der Waals surface area contributed by atoms with Gasteiger partial charge in [0.15, 0.2) is 0 Å². The van der Waals surface area contributed by atoms with Gasteiger partial charge in [-0.05, 0) is 43.4 Å². The average Bonchev–Trinajstić information content (AvgIpc) is 2.75. The molecule has 1 amide bonds. The molecule has 0 spiro atoms. The van der Waals surface area contributed by atoms with E-state index in [1.807, 2.05) is 0 Å². The predicted octanol–water partition coefficient (Wildman–Crippen LogP) is 1.27. The molecule has 0 aliphatic rings. The van der Waals surface area contributed by atoms with Crippen molar-refractivity contribution in [3.05, 3.63) is 64.0 Å². The number of nitrogens with one attached hydrogen (secondary N) is 2. The molecule has 0 saturated carbocycles. The molecule has 33 heavy (non-hydrogen) atoms. The zero-order valence-electron chi connectivity index (χ0n) is 17.9. The molecule has 11 nitrogen and oxygen atoms in total. The number of carbonyl (C=O) groups excluding carboxylic acids is 1. The summed E-state index contributed by atoms with van der Waals surface area (Å²) in [5, 5.41) is 20.2. The number of carboxylic acid groups (broad SMARTS) is 2. The van der Waals surface area contributed by atoms with Gasteiger partial charge in [-0.1, -0.05) is 18.2 Å². The number of amides is 1. The number of H-pyrrole nitrogens is 1. The number of nitrogens with zero attached hydrogens (tertiary/aromatic N) is 1. The normalized spacial score (nSPS) is 12.5. The molecular weight excluding hydrogens is 430 g/mol. The van der Waals surface area contributed by atoms with E-state index in [0.29, 0.717) is 24.8 Å². The van der Waals surface area contributed by atoms with Crippen LogP contribution in [-0.4, -0.2) is 44.1 Å². The largest absolute Gasteiger partial charge is 0.481 e. The molecule has 0 fully saturated rings. The zero-order chi connectivity index (χ0) is 24.5. The Kier molecular flexibility index (Phi) is 8.72. The first-order valence-electron chi connectivity index (χ1n) is 10.2. The summed E-state index contributed by atoms with van der Waals surface area (Å²) in [5.41, 5.74) is 12.4. The number of nitrogens with two attached hydrogens (primary N) is 2. The Bertz CT molecular complexity index is 1080. The second kappa shape index (κ2) is 11.5. The molecule has 2 aromatic rings. The van der Waals surface area contributed by atoms with Gasteiger partial charge < -0.3 is 27.0 Å². The minimum Gasteiger partial charge on any atom is -0.481 e. The van der Waals surface area contributed by atoms with Crippen LogP contribution in [0.25, 0.3) is 0 Å². The second-order valence-electron chi connectivity index (χ2n) is 7.47. The van der Waals surface area contributed by atoms with Crippen LogP contribution in [0.1, 0.15) is 53.1 Å². The summed E-state index contributed by atoms with van der Waals surface area (Å²) in [6, 6.07) is 5.29. The van der Waals surface area contributed by atoms with E-state index in [-0.39, 0.29) is 41.6 Å². The Morgan fingerprint density at radius 3 is 2.36 bits per heavy atom. The molecule has 1 aromatic carbocycles. The summed E-state index contributed by atoms with van der Waals surface area (Å²) in [7, 11) is 0. The number of hydrogen-bond donors (Lipinski definition) is 6. The fourth-order valence-corrected chi connectivity index (χ4v) is 3.34. The smallest absolute Gasteiger partial charge is 0.326 e. The summed E-state index contributed by atoms with van der Waals surface area (Å²) in [5.74, 6) is -3.04. The molecule has 2 rings (SSSR count). The van der Waals surface area contributed by atoms with Crippen molar-refractivity contribution in [2.45, 2.75) is 44.1 Å². The second-order valence-corrected chi connectivity index (χ2v) is 7.47. The highest BCUT2D eigenvalue weighted by Crippen LogP contribution is 2.24. The first kappa shape index (κ1) is 25.1. The van der Waals surface area contributed by atoms with Crippen molar-refractivity contribution in [1.82, 2.24) is 15.3 Å². The van der Waals surface area contributed by atoms with Gasteiger partial charge in [0, 0.05) is 17.9 Å². The molecule has 0 aliphatic heterocycles. The Balaban J connectivity index is 1.99. The predicted molar refractivity (Wildman–Crippen MR) is 122 cm³/mol. The average molecular weight is 457 g/mol. The zero-order valence-corrected chi connectivity index (χ0v) is 17.9. The van der Waals surface area contributed by atoms with E-state index in [9.17, 15) is 24.3 Å². The van der Waals surface area contributed by atoms with E-state index in [1.165, 1.54) is 0 Å². The quantitative estimate of drug-likeness (QED) is 0.254. The molecule has 1 heterocycles. The van der Waals surface area contributed by atoms with E-state index >= 15 is 0 Å². The standard InChI is InChI=1S/C22H27N5O6/c1-2-12(4-3-5-15-18(23)26-22(24)27-20(15)31)13-6-8-14(9-7-13)19(30)25-16(21(32)33)10-11-17(28)29/h2,6-9,12,16H,1,3-5,10-11H2,(H,25,30)(H,28,29)(H,32,33)(H5,23,24,26,27,31)/t12?,16-/m0/s1. The van der Waals surface area contributed by atoms with Crippen LogP contribution in [0.15, 0.2) is 41.7 Å². The van der Waals surface area contributed by atoms with Crippen molar-refractivity contribution in [2.24, 2.45) is 0 Å². The first-order chi connectivity index (χ1) is 15.6. The lowest BCUT2D eigenvalue weighted by Crippen LogP contribution is -2.41. The summed E-state index contributed by atoms with van der Waals surface area (Å²) in [4.78, 5) is 52.6. The van der Waals surface area contributed by atoms with Gasteiger partial charge in [0.1, 0.15) is 11.9 Å². The summed E-state index contributed by atoms with van der Waals surface area (Å²) >= 11 is 0. The maximum absolute atomic E-state index is 12.4. The van der Waals surface area contributed by atoms with Crippen LogP contribution >= 0.6 is 0 Å². The Morgan fingerprint density at radius 1 is 1.15 bits per heavy atom. The number of allylic oxidation sites excluding steroid dienone is 1. The van der Waals surface area contributed by atoms with Gasteiger partial charge in [0.25, 0.3) is 11.5 Å². The van der Waals surface area contributed by atoms with Crippen LogP contribution in [-0.2, 0) is 16.0 Å². The van der Waals surface area contributed by atoms with Crippen LogP contribution in [0.4, 0.5) is 11.8 Å². The fourth-order valence-electron chi connectivity index (χ4n) is 3.34. The van der Waals surface area contributed by atoms with Crippen molar-refractivity contribution in [3.63, 3.8) is 0 Å². The third-order valence-corrected chi connectivity index (χ3v) is 5.14. The van der Waals surface area contributed by atoms with Crippen molar-refractivity contribution < 1.29 is 24.6 Å². The maximum Gasteiger partial charge on any atom is 0.326 e. The fraction of sp³-hybridized carbons (Fsp3) is 0.318. The number of benzene rings is 1. The number of aromatic nitrogens is 2. The monoisotopic (exact) mass is 457 g/mol. The lowest BCUT2D eigenvalue weighted by molar-refractivity contribution is -0.140. The third kappa shape index (κ3) is 7.20. The molecule has 0 bridgehead atoms. The number of rotatable bonds is 12. The topological polar surface area (TPSA) is 201 Å². The molecule has 0 saturated heterocycles. The van der Waals surface area contributed by atoms with Gasteiger partial charge in [-0.2, -0.15) is 4.98 Å². The van der Waals surface area contributed by atoms with Crippen molar-refractivity contribution in [3.8, 4) is 0 Å². The van der Waals surface area contributed by atoms with Crippen molar-refractivity contribution >= 4 is 29.6 Å². The van der Waals surface area contributed by atoms with Gasteiger partial charge in [0.05, 0.1) is 5.56 Å². The summed E-state index contributed by atoms with van der Waals surface area (Å²) in [6.07, 6.45) is 2.86. The number of anilines is 2. The molecule has 1 aromatic heterocycles. The van der Waals surface area contributed by atoms with Crippen LogP contribution in [0, 0.1) is 0 Å². The third-order valence-electron chi connectivity index (χ3n) is 5.14. The van der Waals surface area contributed by atoms with Gasteiger partial charge in [-0.15, -0.1) is 6.58 Å². The lowest BCUT2D eigenvalue weighted by Gasteiger charge is -2.15. The van der Waals surface area contributed by atoms with Gasteiger partial charge in [0.2, 0.25) is 5.95 Å². The van der Waals surface area contributed by atoms with Crippen LogP contribution < -0.4 is 22.3 Å². The van der Waals surface area contributed by atoms with Gasteiger partial charge in [-0.25, -0.2) is 4.79 Å². The van der Waals surface area contributed by atoms with E-state index < -0.39 is 23.9 Å². The van der Waals surface area contributed by atoms with Crippen LogP contribution in [0.2, 0.25) is 0 Å². The number of aliphatic carboxylic acids is 2. The molecule has 1 unspecified atom stereocenters. The molecule has 8 N–H and O–H groups in total.